The molecule has 1 N–H and O–H groups in total. The van der Waals surface area contributed by atoms with E-state index in [0.717, 1.165) is 36.8 Å². The van der Waals surface area contributed by atoms with E-state index in [-0.39, 0.29) is 12.4 Å². The van der Waals surface area contributed by atoms with Gasteiger partial charge in [0.25, 0.3) is 0 Å². The summed E-state index contributed by atoms with van der Waals surface area (Å²) >= 11 is 1.53. The lowest BCUT2D eigenvalue weighted by Gasteiger charge is -2.16. The van der Waals surface area contributed by atoms with Crippen molar-refractivity contribution >= 4 is 22.4 Å². The van der Waals surface area contributed by atoms with Gasteiger partial charge in [-0.25, -0.2) is 4.98 Å². The van der Waals surface area contributed by atoms with Crippen molar-refractivity contribution in [1.29, 1.82) is 0 Å². The van der Waals surface area contributed by atoms with Crippen molar-refractivity contribution in [3.8, 4) is 0 Å². The fourth-order valence-electron chi connectivity index (χ4n) is 2.43. The minimum Gasteiger partial charge on any atom is -0.466 e. The minimum absolute atomic E-state index is 0.223. The quantitative estimate of drug-likeness (QED) is 0.784. The zero-order valence-electron chi connectivity index (χ0n) is 12.1. The molecule has 6 heteroatoms. The monoisotopic (exact) mass is 298 g/mol. The van der Waals surface area contributed by atoms with Gasteiger partial charge < -0.3 is 14.8 Å². The molecule has 1 aromatic rings. The summed E-state index contributed by atoms with van der Waals surface area (Å²) in [4.78, 5) is 15.8. The van der Waals surface area contributed by atoms with Crippen molar-refractivity contribution < 1.29 is 14.3 Å². The van der Waals surface area contributed by atoms with E-state index >= 15 is 0 Å². The predicted octanol–water partition coefficient (Wildman–Crippen LogP) is 2.48. The highest BCUT2D eigenvalue weighted by Crippen LogP contribution is 2.24. The number of rotatable bonds is 7. The molecule has 2 heterocycles. The molecule has 1 aliphatic heterocycles. The number of hydrogen-bond acceptors (Lipinski definition) is 6. The second-order valence-corrected chi connectivity index (χ2v) is 5.73. The van der Waals surface area contributed by atoms with Gasteiger partial charge in [-0.15, -0.1) is 11.3 Å². The van der Waals surface area contributed by atoms with Gasteiger partial charge in [0, 0.05) is 24.4 Å². The lowest BCUT2D eigenvalue weighted by Crippen LogP contribution is -2.22. The molecule has 2 rings (SSSR count). The van der Waals surface area contributed by atoms with E-state index in [4.69, 9.17) is 9.47 Å². The first-order valence-corrected chi connectivity index (χ1v) is 8.06. The average molecular weight is 298 g/mol. The molecule has 0 saturated carbocycles. The molecule has 20 heavy (non-hydrogen) atoms. The number of hydrogen-bond donors (Lipinski definition) is 1. The van der Waals surface area contributed by atoms with E-state index in [1.54, 1.807) is 6.92 Å². The Morgan fingerprint density at radius 1 is 1.60 bits per heavy atom. The van der Waals surface area contributed by atoms with Crippen LogP contribution in [0.25, 0.3) is 0 Å². The zero-order chi connectivity index (χ0) is 14.4. The number of ether oxygens (including phenoxy) is 2. The van der Waals surface area contributed by atoms with Gasteiger partial charge in [0.15, 0.2) is 5.13 Å². The third-order valence-corrected chi connectivity index (χ3v) is 4.30. The van der Waals surface area contributed by atoms with Crippen LogP contribution in [0.15, 0.2) is 5.38 Å². The maximum absolute atomic E-state index is 11.4. The van der Waals surface area contributed by atoms with E-state index in [2.05, 4.69) is 17.2 Å². The first kappa shape index (κ1) is 15.3. The van der Waals surface area contributed by atoms with Crippen LogP contribution in [0.2, 0.25) is 0 Å². The Labute approximate surface area is 123 Å². The van der Waals surface area contributed by atoms with E-state index < -0.39 is 0 Å². The number of esters is 1. The van der Waals surface area contributed by atoms with Gasteiger partial charge in [0.2, 0.25) is 0 Å². The number of carbonyl (C=O) groups excluding carboxylic acids is 1. The molecule has 2 unspecified atom stereocenters. The van der Waals surface area contributed by atoms with Crippen LogP contribution in [0.5, 0.6) is 0 Å². The van der Waals surface area contributed by atoms with Crippen molar-refractivity contribution in [2.24, 2.45) is 5.92 Å². The van der Waals surface area contributed by atoms with Crippen LogP contribution in [0.3, 0.4) is 0 Å². The molecular weight excluding hydrogens is 276 g/mol. The van der Waals surface area contributed by atoms with E-state index in [9.17, 15) is 4.79 Å². The smallest absolute Gasteiger partial charge is 0.311 e. The van der Waals surface area contributed by atoms with Gasteiger partial charge in [-0.2, -0.15) is 0 Å². The van der Waals surface area contributed by atoms with E-state index in [0.29, 0.717) is 18.6 Å². The topological polar surface area (TPSA) is 60.5 Å². The maximum Gasteiger partial charge on any atom is 0.311 e. The van der Waals surface area contributed by atoms with Gasteiger partial charge >= 0.3 is 5.97 Å². The number of aromatic nitrogens is 1. The second kappa shape index (κ2) is 7.59. The summed E-state index contributed by atoms with van der Waals surface area (Å²) in [6.07, 6.45) is 2.77. The third-order valence-electron chi connectivity index (χ3n) is 3.45. The zero-order valence-corrected chi connectivity index (χ0v) is 12.9. The molecule has 0 aromatic carbocycles. The van der Waals surface area contributed by atoms with Crippen molar-refractivity contribution in [3.05, 3.63) is 11.1 Å². The summed E-state index contributed by atoms with van der Waals surface area (Å²) in [6.45, 7) is 6.11. The highest BCUT2D eigenvalue weighted by molar-refractivity contribution is 7.13. The summed E-state index contributed by atoms with van der Waals surface area (Å²) in [5.41, 5.74) is 0.769. The first-order valence-electron chi connectivity index (χ1n) is 7.18. The Balaban J connectivity index is 1.79. The molecular formula is C14H22N2O3S. The standard InChI is InChI=1S/C14H22N2O3S/c1-3-12-10(5-6-19-12)8-15-14-16-11(9-20-14)7-13(17)18-4-2/h9-10,12H,3-8H2,1-2H3,(H,15,16). The molecule has 0 amide bonds. The molecule has 5 nitrogen and oxygen atoms in total. The van der Waals surface area contributed by atoms with Gasteiger partial charge in [0.1, 0.15) is 0 Å². The van der Waals surface area contributed by atoms with Gasteiger partial charge in [-0.3, -0.25) is 4.79 Å². The average Bonchev–Trinajstić information content (AvgIpc) is 3.05. The molecule has 1 aromatic heterocycles. The lowest BCUT2D eigenvalue weighted by atomic mass is 10.00. The molecule has 1 aliphatic rings. The molecule has 2 atom stereocenters. The van der Waals surface area contributed by atoms with Gasteiger partial charge in [-0.1, -0.05) is 6.92 Å². The number of nitrogens with one attached hydrogen (secondary N) is 1. The lowest BCUT2D eigenvalue weighted by molar-refractivity contribution is -0.142. The van der Waals surface area contributed by atoms with Crippen LogP contribution in [0, 0.1) is 5.92 Å². The van der Waals surface area contributed by atoms with Crippen LogP contribution in [-0.4, -0.2) is 36.8 Å². The summed E-state index contributed by atoms with van der Waals surface area (Å²) < 4.78 is 10.6. The van der Waals surface area contributed by atoms with Crippen LogP contribution >= 0.6 is 11.3 Å². The summed E-state index contributed by atoms with van der Waals surface area (Å²) in [5, 5.41) is 6.12. The van der Waals surface area contributed by atoms with Crippen molar-refractivity contribution in [1.82, 2.24) is 4.98 Å². The number of thiazole rings is 1. The number of nitrogens with zero attached hydrogens (tertiary/aromatic N) is 1. The van der Waals surface area contributed by atoms with Crippen molar-refractivity contribution in [3.63, 3.8) is 0 Å². The molecule has 1 fully saturated rings. The van der Waals surface area contributed by atoms with Crippen molar-refractivity contribution in [2.75, 3.05) is 25.1 Å². The first-order chi connectivity index (χ1) is 9.72. The van der Waals surface area contributed by atoms with Crippen LogP contribution in [0.4, 0.5) is 5.13 Å². The summed E-state index contributed by atoms with van der Waals surface area (Å²) in [7, 11) is 0. The molecule has 1 saturated heterocycles. The van der Waals surface area contributed by atoms with Crippen LogP contribution < -0.4 is 5.32 Å². The molecule has 0 aliphatic carbocycles. The third kappa shape index (κ3) is 4.18. The van der Waals surface area contributed by atoms with Crippen LogP contribution in [-0.2, 0) is 20.7 Å². The SMILES string of the molecule is CCOC(=O)Cc1csc(NCC2CCOC2CC)n1. The molecule has 112 valence electrons. The van der Waals surface area contributed by atoms with Crippen LogP contribution in [0.1, 0.15) is 32.4 Å². The van der Waals surface area contributed by atoms with Crippen molar-refractivity contribution in [2.45, 2.75) is 39.2 Å². The summed E-state index contributed by atoms with van der Waals surface area (Å²) in [5.74, 6) is 0.331. The Hall–Kier alpha value is -1.14. The van der Waals surface area contributed by atoms with Gasteiger partial charge in [-0.05, 0) is 19.8 Å². The molecule has 0 spiro atoms. The summed E-state index contributed by atoms with van der Waals surface area (Å²) in [6, 6.07) is 0. The normalized spacial score (nSPS) is 21.9. The Morgan fingerprint density at radius 3 is 3.20 bits per heavy atom. The van der Waals surface area contributed by atoms with E-state index in [1.165, 1.54) is 11.3 Å². The Kier molecular flexibility index (Phi) is 5.79. The predicted molar refractivity (Wildman–Crippen MR) is 79.1 cm³/mol. The Bertz CT molecular complexity index is 436. The largest absolute Gasteiger partial charge is 0.466 e. The van der Waals surface area contributed by atoms with E-state index in [1.807, 2.05) is 5.38 Å². The fraction of sp³-hybridized carbons (Fsp3) is 0.714. The number of carbonyl (C=O) groups is 1. The number of anilines is 1. The fourth-order valence-corrected chi connectivity index (χ4v) is 3.15. The Morgan fingerprint density at radius 2 is 2.45 bits per heavy atom. The molecule has 0 bridgehead atoms. The highest BCUT2D eigenvalue weighted by atomic mass is 32.1. The molecule has 0 radical (unpaired) electrons. The minimum atomic E-state index is -0.223. The second-order valence-electron chi connectivity index (χ2n) is 4.87. The highest BCUT2D eigenvalue weighted by Gasteiger charge is 2.26. The van der Waals surface area contributed by atoms with Gasteiger partial charge in [0.05, 0.1) is 24.8 Å². The maximum atomic E-state index is 11.4.